The first-order chi connectivity index (χ1) is 14.7. The van der Waals surface area contributed by atoms with E-state index < -0.39 is 0 Å². The van der Waals surface area contributed by atoms with Crippen molar-refractivity contribution in [3.8, 4) is 0 Å². The van der Waals surface area contributed by atoms with Gasteiger partial charge in [0.1, 0.15) is 5.03 Å². The van der Waals surface area contributed by atoms with Crippen molar-refractivity contribution in [2.75, 3.05) is 28.6 Å². The fourth-order valence-electron chi connectivity index (χ4n) is 3.26. The fourth-order valence-corrected chi connectivity index (χ4v) is 4.04. The molecule has 1 aromatic heterocycles. The number of hydrogen-bond acceptors (Lipinski definition) is 6. The molecule has 0 unspecified atom stereocenters. The zero-order chi connectivity index (χ0) is 20.8. The second-order valence-corrected chi connectivity index (χ2v) is 8.00. The summed E-state index contributed by atoms with van der Waals surface area (Å²) in [4.78, 5) is 23.8. The average Bonchev–Trinajstić information content (AvgIpc) is 3.31. The van der Waals surface area contributed by atoms with Gasteiger partial charge in [0, 0.05) is 41.2 Å². The van der Waals surface area contributed by atoms with Crippen LogP contribution in [0.2, 0.25) is 0 Å². The third kappa shape index (κ3) is 5.18. The lowest BCUT2D eigenvalue weighted by Crippen LogP contribution is -2.17. The van der Waals surface area contributed by atoms with Crippen LogP contribution in [0.25, 0.3) is 0 Å². The van der Waals surface area contributed by atoms with Crippen LogP contribution in [0.5, 0.6) is 0 Å². The molecule has 3 aromatic rings. The van der Waals surface area contributed by atoms with Crippen LogP contribution in [0.3, 0.4) is 0 Å². The molecule has 1 aliphatic rings. The Bertz CT molecular complexity index is 1030. The summed E-state index contributed by atoms with van der Waals surface area (Å²) in [6, 6.07) is 17.8. The Labute approximate surface area is 180 Å². The minimum absolute atomic E-state index is 0.226. The lowest BCUT2D eigenvalue weighted by molar-refractivity contribution is -0.111. The van der Waals surface area contributed by atoms with E-state index in [9.17, 15) is 4.79 Å². The number of nitrogens with one attached hydrogen (secondary N) is 2. The molecule has 0 saturated carbocycles. The van der Waals surface area contributed by atoms with E-state index in [1.807, 2.05) is 36.4 Å². The average molecular weight is 418 g/mol. The number of anilines is 4. The maximum atomic E-state index is 11.4. The first-order valence-electron chi connectivity index (χ1n) is 9.86. The third-order valence-corrected chi connectivity index (χ3v) is 5.68. The van der Waals surface area contributed by atoms with Crippen molar-refractivity contribution in [3.05, 3.63) is 73.4 Å². The zero-order valence-corrected chi connectivity index (χ0v) is 17.4. The second kappa shape index (κ2) is 9.45. The first-order valence-corrected chi connectivity index (χ1v) is 10.7. The molecule has 2 N–H and O–H groups in total. The van der Waals surface area contributed by atoms with E-state index in [1.165, 1.54) is 36.4 Å². The Morgan fingerprint density at radius 2 is 1.87 bits per heavy atom. The van der Waals surface area contributed by atoms with Crippen LogP contribution in [0, 0.1) is 0 Å². The van der Waals surface area contributed by atoms with Crippen LogP contribution in [0.1, 0.15) is 12.8 Å². The van der Waals surface area contributed by atoms with Crippen molar-refractivity contribution in [2.45, 2.75) is 22.8 Å². The van der Waals surface area contributed by atoms with Crippen LogP contribution in [0.15, 0.2) is 83.4 Å². The third-order valence-electron chi connectivity index (χ3n) is 4.73. The van der Waals surface area contributed by atoms with Crippen molar-refractivity contribution in [3.63, 3.8) is 0 Å². The van der Waals surface area contributed by atoms with E-state index in [0.717, 1.165) is 34.4 Å². The number of nitrogens with zero attached hydrogens (tertiary/aromatic N) is 3. The largest absolute Gasteiger partial charge is 0.371 e. The number of carbonyl (C=O) groups excluding carboxylic acids is 1. The van der Waals surface area contributed by atoms with E-state index >= 15 is 0 Å². The summed E-state index contributed by atoms with van der Waals surface area (Å²) in [5.41, 5.74) is 2.93. The highest BCUT2D eigenvalue weighted by Gasteiger charge is 2.12. The molecular formula is C23H23N5OS. The lowest BCUT2D eigenvalue weighted by atomic mass is 10.2. The highest BCUT2D eigenvalue weighted by molar-refractivity contribution is 7.99. The van der Waals surface area contributed by atoms with Crippen LogP contribution in [-0.4, -0.2) is 29.0 Å². The lowest BCUT2D eigenvalue weighted by Gasteiger charge is -2.18. The molecule has 6 nitrogen and oxygen atoms in total. The van der Waals surface area contributed by atoms with Crippen molar-refractivity contribution in [2.24, 2.45) is 0 Å². The summed E-state index contributed by atoms with van der Waals surface area (Å²) in [5, 5.41) is 6.89. The molecule has 7 heteroatoms. The van der Waals surface area contributed by atoms with Gasteiger partial charge in [-0.2, -0.15) is 0 Å². The van der Waals surface area contributed by atoms with Crippen LogP contribution in [0.4, 0.5) is 23.0 Å². The summed E-state index contributed by atoms with van der Waals surface area (Å²) < 4.78 is 0. The highest BCUT2D eigenvalue weighted by Crippen LogP contribution is 2.29. The number of benzene rings is 2. The second-order valence-electron chi connectivity index (χ2n) is 6.91. The molecule has 4 rings (SSSR count). The Balaban J connectivity index is 1.42. The Morgan fingerprint density at radius 1 is 1.07 bits per heavy atom. The molecule has 1 fully saturated rings. The number of carbonyl (C=O) groups is 1. The van der Waals surface area contributed by atoms with Crippen molar-refractivity contribution in [1.29, 1.82) is 0 Å². The molecule has 30 heavy (non-hydrogen) atoms. The number of rotatable bonds is 7. The van der Waals surface area contributed by atoms with E-state index in [-0.39, 0.29) is 5.91 Å². The minimum Gasteiger partial charge on any atom is -0.371 e. The number of amides is 1. The summed E-state index contributed by atoms with van der Waals surface area (Å²) in [6.07, 6.45) is 5.50. The fraction of sp³-hybridized carbons (Fsp3) is 0.174. The molecule has 0 aliphatic carbocycles. The highest BCUT2D eigenvalue weighted by atomic mass is 32.2. The molecule has 0 atom stereocenters. The Hall–Kier alpha value is -3.32. The first kappa shape index (κ1) is 20.0. The summed E-state index contributed by atoms with van der Waals surface area (Å²) in [6.45, 7) is 5.68. The van der Waals surface area contributed by atoms with Gasteiger partial charge in [-0.3, -0.25) is 4.79 Å². The van der Waals surface area contributed by atoms with Crippen molar-refractivity contribution < 1.29 is 4.79 Å². The molecule has 1 aliphatic heterocycles. The van der Waals surface area contributed by atoms with E-state index in [2.05, 4.69) is 50.3 Å². The molecule has 1 saturated heterocycles. The zero-order valence-electron chi connectivity index (χ0n) is 16.5. The van der Waals surface area contributed by atoms with Crippen LogP contribution >= 0.6 is 11.8 Å². The van der Waals surface area contributed by atoms with Gasteiger partial charge in [-0.15, -0.1) is 0 Å². The van der Waals surface area contributed by atoms with Gasteiger partial charge in [-0.1, -0.05) is 24.4 Å². The van der Waals surface area contributed by atoms with Gasteiger partial charge >= 0.3 is 0 Å². The van der Waals surface area contributed by atoms with Gasteiger partial charge in [0.2, 0.25) is 11.9 Å². The predicted molar refractivity (Wildman–Crippen MR) is 123 cm³/mol. The normalized spacial score (nSPS) is 13.1. The molecule has 2 aromatic carbocycles. The maximum absolute atomic E-state index is 11.4. The van der Waals surface area contributed by atoms with Crippen LogP contribution in [-0.2, 0) is 4.79 Å². The maximum Gasteiger partial charge on any atom is 0.247 e. The topological polar surface area (TPSA) is 70.2 Å². The Kier molecular flexibility index (Phi) is 6.29. The van der Waals surface area contributed by atoms with E-state index in [0.29, 0.717) is 5.95 Å². The van der Waals surface area contributed by atoms with Gasteiger partial charge in [-0.25, -0.2) is 9.97 Å². The molecule has 2 heterocycles. The summed E-state index contributed by atoms with van der Waals surface area (Å²) >= 11 is 1.54. The van der Waals surface area contributed by atoms with Crippen LogP contribution < -0.4 is 15.5 Å². The smallest absolute Gasteiger partial charge is 0.247 e. The monoisotopic (exact) mass is 417 g/mol. The SMILES string of the molecule is C=CC(=O)Nc1ccc(Sc2ccnc(Nc3cccc(N4CCCC4)c3)n2)cc1. The standard InChI is InChI=1S/C23H23N5OS/c1-2-21(29)25-17-8-10-20(11-9-17)30-22-12-13-24-23(27-22)26-18-6-5-7-19(16-18)28-14-3-4-15-28/h2,5-13,16H,1,3-4,14-15H2,(H,25,29)(H,24,26,27). The predicted octanol–water partition coefficient (Wildman–Crippen LogP) is 5.10. The Morgan fingerprint density at radius 3 is 2.63 bits per heavy atom. The van der Waals surface area contributed by atoms with Gasteiger partial charge in [0.05, 0.1) is 0 Å². The van der Waals surface area contributed by atoms with Gasteiger partial charge in [0.25, 0.3) is 0 Å². The van der Waals surface area contributed by atoms with E-state index in [4.69, 9.17) is 0 Å². The molecule has 0 spiro atoms. The summed E-state index contributed by atoms with van der Waals surface area (Å²) in [5.74, 6) is 0.337. The van der Waals surface area contributed by atoms with Crippen molar-refractivity contribution >= 4 is 40.7 Å². The molecule has 0 radical (unpaired) electrons. The van der Waals surface area contributed by atoms with Gasteiger partial charge < -0.3 is 15.5 Å². The number of hydrogen-bond donors (Lipinski definition) is 2. The van der Waals surface area contributed by atoms with Crippen molar-refractivity contribution in [1.82, 2.24) is 9.97 Å². The van der Waals surface area contributed by atoms with Gasteiger partial charge in [0.15, 0.2) is 0 Å². The molecular weight excluding hydrogens is 394 g/mol. The molecule has 1 amide bonds. The van der Waals surface area contributed by atoms with E-state index in [1.54, 1.807) is 6.20 Å². The quantitative estimate of drug-likeness (QED) is 0.412. The molecule has 0 bridgehead atoms. The number of aromatic nitrogens is 2. The summed E-state index contributed by atoms with van der Waals surface area (Å²) in [7, 11) is 0. The van der Waals surface area contributed by atoms with Gasteiger partial charge in [-0.05, 0) is 67.4 Å². The molecule has 152 valence electrons. The minimum atomic E-state index is -0.226.